The summed E-state index contributed by atoms with van der Waals surface area (Å²) in [6.45, 7) is 6.81. The minimum Gasteiger partial charge on any atom is -1.00 e. The molecule has 0 aromatic rings. The van der Waals surface area contributed by atoms with Crippen LogP contribution in [0.5, 0.6) is 0 Å². The van der Waals surface area contributed by atoms with E-state index in [-0.39, 0.29) is 24.0 Å². The van der Waals surface area contributed by atoms with Crippen LogP contribution in [0.1, 0.15) is 32.1 Å². The van der Waals surface area contributed by atoms with Crippen molar-refractivity contribution in [2.45, 2.75) is 37.6 Å². The molecule has 0 aliphatic carbocycles. The number of piperidine rings is 1. The van der Waals surface area contributed by atoms with Crippen molar-refractivity contribution in [3.63, 3.8) is 0 Å². The van der Waals surface area contributed by atoms with Crippen molar-refractivity contribution in [3.05, 3.63) is 12.7 Å². The molecule has 1 nitrogen and oxygen atoms in total. The monoisotopic (exact) mass is 293 g/mol. The van der Waals surface area contributed by atoms with Gasteiger partial charge in [-0.25, -0.2) is 0 Å². The zero-order valence-corrected chi connectivity index (χ0v) is 10.7. The first-order valence-corrected chi connectivity index (χ1v) is 5.21. The Kier molecular flexibility index (Phi) is 3.44. The second-order valence-corrected chi connectivity index (χ2v) is 4.71. The van der Waals surface area contributed by atoms with E-state index in [2.05, 4.69) is 19.7 Å². The van der Waals surface area contributed by atoms with Gasteiger partial charge in [0.2, 0.25) is 0 Å². The van der Waals surface area contributed by atoms with E-state index in [4.69, 9.17) is 0 Å². The molecule has 0 aromatic heterocycles. The van der Waals surface area contributed by atoms with Crippen molar-refractivity contribution in [1.29, 1.82) is 0 Å². The van der Waals surface area contributed by atoms with Gasteiger partial charge < -0.3 is 28.5 Å². The van der Waals surface area contributed by atoms with Crippen LogP contribution in [0.4, 0.5) is 0 Å². The quantitative estimate of drug-likeness (QED) is 0.342. The fraction of sp³-hybridized carbons (Fsp3) is 0.818. The van der Waals surface area contributed by atoms with E-state index in [0.29, 0.717) is 5.54 Å². The van der Waals surface area contributed by atoms with Crippen LogP contribution < -0.4 is 24.0 Å². The van der Waals surface area contributed by atoms with Gasteiger partial charge in [-0.2, -0.15) is 0 Å². The molecule has 2 saturated heterocycles. The topological polar surface area (TPSA) is 0 Å². The molecular formula is C11H20IN. The first-order valence-electron chi connectivity index (χ1n) is 5.21. The first kappa shape index (κ1) is 11.5. The number of nitrogens with zero attached hydrogens (tertiary/aromatic N) is 1. The number of likely N-dealkylation sites (N-methyl/N-ethyl adjacent to an activating group) is 1. The van der Waals surface area contributed by atoms with Crippen LogP contribution in [-0.4, -0.2) is 30.2 Å². The third kappa shape index (κ3) is 1.56. The van der Waals surface area contributed by atoms with Crippen molar-refractivity contribution < 1.29 is 28.5 Å². The molecule has 2 fully saturated rings. The van der Waals surface area contributed by atoms with E-state index >= 15 is 0 Å². The van der Waals surface area contributed by atoms with Gasteiger partial charge >= 0.3 is 0 Å². The summed E-state index contributed by atoms with van der Waals surface area (Å²) >= 11 is 0. The molecule has 0 aromatic carbocycles. The minimum atomic E-state index is 0. The van der Waals surface area contributed by atoms with Gasteiger partial charge in [0.25, 0.3) is 0 Å². The van der Waals surface area contributed by atoms with E-state index < -0.39 is 0 Å². The van der Waals surface area contributed by atoms with Crippen molar-refractivity contribution >= 4 is 0 Å². The number of rotatable bonds is 1. The Morgan fingerprint density at radius 3 is 2.38 bits per heavy atom. The zero-order chi connectivity index (χ0) is 8.66. The van der Waals surface area contributed by atoms with Crippen LogP contribution in [0.15, 0.2) is 12.7 Å². The maximum Gasteiger partial charge on any atom is 0.118 e. The van der Waals surface area contributed by atoms with Crippen molar-refractivity contribution in [3.8, 4) is 0 Å². The predicted molar refractivity (Wildman–Crippen MR) is 51.9 cm³/mol. The molecular weight excluding hydrogens is 273 g/mol. The molecule has 0 saturated carbocycles. The summed E-state index contributed by atoms with van der Waals surface area (Å²) in [6, 6.07) is 0. The maximum atomic E-state index is 4.05. The first-order chi connectivity index (χ1) is 5.72. The van der Waals surface area contributed by atoms with Gasteiger partial charge in [-0.05, 0) is 18.9 Å². The largest absolute Gasteiger partial charge is 1.00 e. The average Bonchev–Trinajstić information content (AvgIpc) is 2.42. The van der Waals surface area contributed by atoms with Gasteiger partial charge in [0, 0.05) is 19.3 Å². The smallest absolute Gasteiger partial charge is 0.118 e. The molecule has 13 heavy (non-hydrogen) atoms. The lowest BCUT2D eigenvalue weighted by atomic mass is 9.85. The molecule has 2 heteroatoms. The number of quaternary nitrogens is 1. The van der Waals surface area contributed by atoms with Crippen molar-refractivity contribution in [1.82, 2.24) is 0 Å². The van der Waals surface area contributed by atoms with Crippen LogP contribution in [0.25, 0.3) is 0 Å². The Bertz CT molecular complexity index is 204. The van der Waals surface area contributed by atoms with E-state index in [0.717, 1.165) is 0 Å². The van der Waals surface area contributed by atoms with Crippen LogP contribution in [0, 0.1) is 0 Å². The SMILES string of the molecule is C=CC12CCCC[N+]1(C)CCC2.[I-]. The molecule has 2 unspecified atom stereocenters. The molecule has 0 radical (unpaired) electrons. The summed E-state index contributed by atoms with van der Waals surface area (Å²) in [6.07, 6.45) is 9.26. The van der Waals surface area contributed by atoms with Crippen LogP contribution >= 0.6 is 0 Å². The maximum absolute atomic E-state index is 4.05. The van der Waals surface area contributed by atoms with Gasteiger partial charge in [-0.3, -0.25) is 0 Å². The summed E-state index contributed by atoms with van der Waals surface area (Å²) in [4.78, 5) is 0. The lowest BCUT2D eigenvalue weighted by Crippen LogP contribution is -3.00. The van der Waals surface area contributed by atoms with E-state index in [9.17, 15) is 0 Å². The van der Waals surface area contributed by atoms with Crippen LogP contribution in [0.3, 0.4) is 0 Å². The summed E-state index contributed by atoms with van der Waals surface area (Å²) in [5.74, 6) is 0. The van der Waals surface area contributed by atoms with E-state index in [1.165, 1.54) is 49.7 Å². The molecule has 2 atom stereocenters. The van der Waals surface area contributed by atoms with Crippen LogP contribution in [-0.2, 0) is 0 Å². The normalized spacial score (nSPS) is 43.5. The second-order valence-electron chi connectivity index (χ2n) is 4.71. The van der Waals surface area contributed by atoms with Gasteiger partial charge in [0.15, 0.2) is 0 Å². The molecule has 0 bridgehead atoms. The van der Waals surface area contributed by atoms with E-state index in [1.807, 2.05) is 0 Å². The number of hydrogen-bond donors (Lipinski definition) is 0. The average molecular weight is 293 g/mol. The highest BCUT2D eigenvalue weighted by Gasteiger charge is 2.51. The fourth-order valence-electron chi connectivity index (χ4n) is 3.27. The molecule has 2 rings (SSSR count). The second kappa shape index (κ2) is 3.89. The lowest BCUT2D eigenvalue weighted by Gasteiger charge is -2.48. The van der Waals surface area contributed by atoms with Gasteiger partial charge in [0.05, 0.1) is 20.1 Å². The molecule has 76 valence electrons. The van der Waals surface area contributed by atoms with Crippen molar-refractivity contribution in [2.24, 2.45) is 0 Å². The Morgan fingerprint density at radius 2 is 1.77 bits per heavy atom. The Morgan fingerprint density at radius 1 is 1.15 bits per heavy atom. The molecule has 0 N–H and O–H groups in total. The highest BCUT2D eigenvalue weighted by atomic mass is 127. The van der Waals surface area contributed by atoms with Gasteiger partial charge in [-0.15, -0.1) is 0 Å². The molecule has 2 aliphatic rings. The van der Waals surface area contributed by atoms with Crippen LogP contribution in [0.2, 0.25) is 0 Å². The number of fused-ring (bicyclic) bond motifs is 1. The summed E-state index contributed by atoms with van der Waals surface area (Å²) in [5.41, 5.74) is 0.470. The van der Waals surface area contributed by atoms with Crippen molar-refractivity contribution in [2.75, 3.05) is 20.1 Å². The summed E-state index contributed by atoms with van der Waals surface area (Å²) < 4.78 is 1.29. The molecule has 0 spiro atoms. The van der Waals surface area contributed by atoms with Gasteiger partial charge in [0.1, 0.15) is 5.54 Å². The minimum absolute atomic E-state index is 0. The Hall–Kier alpha value is 0.430. The van der Waals surface area contributed by atoms with Gasteiger partial charge in [-0.1, -0.05) is 6.58 Å². The standard InChI is InChI=1S/C11H20N.HI/c1-3-11-7-4-5-9-12(11,2)10-6-8-11;/h3H,1,4-10H2,2H3;1H/q+1;/p-1. The highest BCUT2D eigenvalue weighted by Crippen LogP contribution is 2.43. The third-order valence-corrected chi connectivity index (χ3v) is 4.23. The fourth-order valence-corrected chi connectivity index (χ4v) is 3.27. The number of halogens is 1. The predicted octanol–water partition coefficient (Wildman–Crippen LogP) is -0.660. The van der Waals surface area contributed by atoms with E-state index in [1.54, 1.807) is 0 Å². The molecule has 2 aliphatic heterocycles. The Labute approximate surface area is 98.8 Å². The zero-order valence-electron chi connectivity index (χ0n) is 8.56. The third-order valence-electron chi connectivity index (χ3n) is 4.23. The molecule has 0 amide bonds. The molecule has 2 heterocycles. The lowest BCUT2D eigenvalue weighted by molar-refractivity contribution is -0.944. The highest BCUT2D eigenvalue weighted by molar-refractivity contribution is 5.01. The number of hydrogen-bond acceptors (Lipinski definition) is 0. The Balaban J connectivity index is 0.000000845. The summed E-state index contributed by atoms with van der Waals surface area (Å²) in [5, 5.41) is 0. The summed E-state index contributed by atoms with van der Waals surface area (Å²) in [7, 11) is 2.42.